The minimum Gasteiger partial charge on any atom is -0.391 e. The van der Waals surface area contributed by atoms with Crippen molar-refractivity contribution in [3.63, 3.8) is 0 Å². The average Bonchev–Trinajstić information content (AvgIpc) is 2.65. The highest BCUT2D eigenvalue weighted by Crippen LogP contribution is 2.21. The predicted octanol–water partition coefficient (Wildman–Crippen LogP) is 2.87. The lowest BCUT2D eigenvalue weighted by molar-refractivity contribution is 0.104. The van der Waals surface area contributed by atoms with Gasteiger partial charge >= 0.3 is 0 Å². The molecular formula is C12H11NOS. The van der Waals surface area contributed by atoms with Crippen LogP contribution in [0.25, 0.3) is 0 Å². The fourth-order valence-corrected chi connectivity index (χ4v) is 2.06. The maximum Gasteiger partial charge on any atom is 0.203 e. The third-order valence-corrected chi connectivity index (χ3v) is 3.08. The molecule has 3 heteroatoms. The number of carbonyl (C=O) groups is 1. The maximum absolute atomic E-state index is 11.9. The zero-order valence-electron chi connectivity index (χ0n) is 8.36. The summed E-state index contributed by atoms with van der Waals surface area (Å²) in [5.74, 6) is 0.0386. The topological polar surface area (TPSA) is 43.1 Å². The van der Waals surface area contributed by atoms with Gasteiger partial charge in [0.1, 0.15) is 0 Å². The van der Waals surface area contributed by atoms with Crippen molar-refractivity contribution in [3.05, 3.63) is 52.4 Å². The first-order chi connectivity index (χ1) is 7.16. The molecule has 15 heavy (non-hydrogen) atoms. The summed E-state index contributed by atoms with van der Waals surface area (Å²) in [6.45, 7) is 2.00. The van der Waals surface area contributed by atoms with Gasteiger partial charge in [-0.2, -0.15) is 0 Å². The number of hydrogen-bond donors (Lipinski definition) is 1. The Morgan fingerprint density at radius 3 is 2.33 bits per heavy atom. The highest BCUT2D eigenvalue weighted by atomic mass is 32.1. The Labute approximate surface area is 92.4 Å². The number of nitrogens with two attached hydrogens (primary N) is 1. The Morgan fingerprint density at radius 2 is 1.80 bits per heavy atom. The minimum absolute atomic E-state index is 0.0386. The van der Waals surface area contributed by atoms with Crippen LogP contribution in [0.15, 0.2) is 36.4 Å². The zero-order valence-corrected chi connectivity index (χ0v) is 9.17. The van der Waals surface area contributed by atoms with Gasteiger partial charge in [0.15, 0.2) is 0 Å². The monoisotopic (exact) mass is 217 g/mol. The third-order valence-electron chi connectivity index (χ3n) is 2.16. The third kappa shape index (κ3) is 2.07. The molecule has 1 heterocycles. The van der Waals surface area contributed by atoms with Crippen LogP contribution in [0.1, 0.15) is 20.8 Å². The van der Waals surface area contributed by atoms with Crippen LogP contribution in [-0.2, 0) is 0 Å². The highest BCUT2D eigenvalue weighted by Gasteiger charge is 2.10. The summed E-state index contributed by atoms with van der Waals surface area (Å²) in [6.07, 6.45) is 0. The summed E-state index contributed by atoms with van der Waals surface area (Å²) in [5, 5.41) is 0.672. The molecule has 1 aromatic carbocycles. The van der Waals surface area contributed by atoms with Gasteiger partial charge in [-0.3, -0.25) is 4.79 Å². The van der Waals surface area contributed by atoms with Gasteiger partial charge in [-0.1, -0.05) is 29.8 Å². The van der Waals surface area contributed by atoms with Crippen LogP contribution in [0.4, 0.5) is 5.00 Å². The molecular weight excluding hydrogens is 206 g/mol. The summed E-state index contributed by atoms with van der Waals surface area (Å²) in [6, 6.07) is 11.1. The molecule has 0 bridgehead atoms. The molecule has 0 amide bonds. The lowest BCUT2D eigenvalue weighted by atomic mass is 10.1. The van der Waals surface area contributed by atoms with Gasteiger partial charge in [-0.15, -0.1) is 11.3 Å². The predicted molar refractivity (Wildman–Crippen MR) is 63.3 cm³/mol. The van der Waals surface area contributed by atoms with Crippen LogP contribution >= 0.6 is 11.3 Å². The van der Waals surface area contributed by atoms with Crippen LogP contribution in [0.5, 0.6) is 0 Å². The molecule has 0 radical (unpaired) electrons. The minimum atomic E-state index is 0.0386. The maximum atomic E-state index is 11.9. The normalized spacial score (nSPS) is 10.2. The number of benzene rings is 1. The highest BCUT2D eigenvalue weighted by molar-refractivity contribution is 7.17. The Bertz CT molecular complexity index is 485. The van der Waals surface area contributed by atoms with Crippen molar-refractivity contribution in [1.82, 2.24) is 0 Å². The number of nitrogen functional groups attached to an aromatic ring is 1. The van der Waals surface area contributed by atoms with Crippen molar-refractivity contribution in [1.29, 1.82) is 0 Å². The molecule has 0 atom stereocenters. The second-order valence-corrected chi connectivity index (χ2v) is 4.51. The summed E-state index contributed by atoms with van der Waals surface area (Å²) < 4.78 is 0. The summed E-state index contributed by atoms with van der Waals surface area (Å²) in [4.78, 5) is 12.6. The molecule has 0 aliphatic heterocycles. The standard InChI is InChI=1S/C12H11NOS/c1-8-2-4-9(5-3-8)12(14)10-6-7-11(13)15-10/h2-7H,13H2,1H3. The fraction of sp³-hybridized carbons (Fsp3) is 0.0833. The first-order valence-corrected chi connectivity index (χ1v) is 5.45. The van der Waals surface area contributed by atoms with E-state index in [1.165, 1.54) is 11.3 Å². The molecule has 2 N–H and O–H groups in total. The van der Waals surface area contributed by atoms with Gasteiger partial charge in [-0.05, 0) is 19.1 Å². The van der Waals surface area contributed by atoms with Crippen molar-refractivity contribution < 1.29 is 4.79 Å². The number of thiophene rings is 1. The summed E-state index contributed by atoms with van der Waals surface area (Å²) in [5.41, 5.74) is 7.45. The van der Waals surface area contributed by atoms with E-state index in [-0.39, 0.29) is 5.78 Å². The molecule has 0 saturated heterocycles. The Kier molecular flexibility index (Phi) is 2.56. The van der Waals surface area contributed by atoms with Gasteiger partial charge in [-0.25, -0.2) is 0 Å². The molecule has 2 rings (SSSR count). The first kappa shape index (κ1) is 9.93. The molecule has 1 aromatic heterocycles. The number of ketones is 1. The van der Waals surface area contributed by atoms with E-state index in [0.29, 0.717) is 15.4 Å². The largest absolute Gasteiger partial charge is 0.391 e. The van der Waals surface area contributed by atoms with E-state index >= 15 is 0 Å². The van der Waals surface area contributed by atoms with Crippen molar-refractivity contribution in [2.75, 3.05) is 5.73 Å². The number of anilines is 1. The molecule has 0 fully saturated rings. The first-order valence-electron chi connectivity index (χ1n) is 4.63. The van der Waals surface area contributed by atoms with Crippen LogP contribution < -0.4 is 5.73 Å². The number of aryl methyl sites for hydroxylation is 1. The lowest BCUT2D eigenvalue weighted by Crippen LogP contribution is -1.97. The molecule has 2 nitrogen and oxygen atoms in total. The van der Waals surface area contributed by atoms with Gasteiger partial charge in [0.25, 0.3) is 0 Å². The summed E-state index contributed by atoms with van der Waals surface area (Å²) >= 11 is 1.32. The molecule has 76 valence electrons. The van der Waals surface area contributed by atoms with Crippen molar-refractivity contribution in [3.8, 4) is 0 Å². The van der Waals surface area contributed by atoms with Crippen LogP contribution in [0, 0.1) is 6.92 Å². The second-order valence-electron chi connectivity index (χ2n) is 3.40. The Morgan fingerprint density at radius 1 is 1.13 bits per heavy atom. The molecule has 2 aromatic rings. The van der Waals surface area contributed by atoms with E-state index in [0.717, 1.165) is 5.56 Å². The zero-order chi connectivity index (χ0) is 10.8. The SMILES string of the molecule is Cc1ccc(C(=O)c2ccc(N)s2)cc1. The van der Waals surface area contributed by atoms with Gasteiger partial charge in [0, 0.05) is 5.56 Å². The van der Waals surface area contributed by atoms with Gasteiger partial charge in [0.05, 0.1) is 9.88 Å². The summed E-state index contributed by atoms with van der Waals surface area (Å²) in [7, 11) is 0. The fourth-order valence-electron chi connectivity index (χ4n) is 1.32. The number of carbonyl (C=O) groups excluding carboxylic acids is 1. The smallest absolute Gasteiger partial charge is 0.203 e. The van der Waals surface area contributed by atoms with E-state index in [2.05, 4.69) is 0 Å². The molecule has 0 aliphatic rings. The van der Waals surface area contributed by atoms with Crippen LogP contribution in [-0.4, -0.2) is 5.78 Å². The van der Waals surface area contributed by atoms with Gasteiger partial charge < -0.3 is 5.73 Å². The molecule has 0 saturated carbocycles. The van der Waals surface area contributed by atoms with Crippen molar-refractivity contribution in [2.45, 2.75) is 6.92 Å². The van der Waals surface area contributed by atoms with Crippen molar-refractivity contribution in [2.24, 2.45) is 0 Å². The van der Waals surface area contributed by atoms with E-state index in [1.807, 2.05) is 31.2 Å². The van der Waals surface area contributed by atoms with Crippen LogP contribution in [0.3, 0.4) is 0 Å². The van der Waals surface area contributed by atoms with Gasteiger partial charge in [0.2, 0.25) is 5.78 Å². The number of hydrogen-bond acceptors (Lipinski definition) is 3. The quantitative estimate of drug-likeness (QED) is 0.786. The molecule has 0 spiro atoms. The van der Waals surface area contributed by atoms with Crippen LogP contribution in [0.2, 0.25) is 0 Å². The van der Waals surface area contributed by atoms with E-state index in [9.17, 15) is 4.79 Å². The molecule has 0 unspecified atom stereocenters. The van der Waals surface area contributed by atoms with E-state index in [1.54, 1.807) is 12.1 Å². The Balaban J connectivity index is 2.32. The number of rotatable bonds is 2. The molecule has 0 aliphatic carbocycles. The van der Waals surface area contributed by atoms with E-state index < -0.39 is 0 Å². The second kappa shape index (κ2) is 3.87. The van der Waals surface area contributed by atoms with E-state index in [4.69, 9.17) is 5.73 Å². The van der Waals surface area contributed by atoms with Crippen molar-refractivity contribution >= 4 is 22.1 Å². The lowest BCUT2D eigenvalue weighted by Gasteiger charge is -1.98. The Hall–Kier alpha value is -1.61. The average molecular weight is 217 g/mol.